The van der Waals surface area contributed by atoms with Gasteiger partial charge in [-0.15, -0.1) is 0 Å². The molecular formula is C8H9F6N4O4S2+. The van der Waals surface area contributed by atoms with Crippen LogP contribution in [0.25, 0.3) is 0 Å². The van der Waals surface area contributed by atoms with Crippen molar-refractivity contribution < 1.29 is 47.7 Å². The van der Waals surface area contributed by atoms with Crippen LogP contribution in [-0.2, 0) is 33.6 Å². The van der Waals surface area contributed by atoms with Crippen LogP contribution in [0.4, 0.5) is 26.3 Å². The molecule has 0 unspecified atom stereocenters. The van der Waals surface area contributed by atoms with Gasteiger partial charge in [0, 0.05) is 0 Å². The first kappa shape index (κ1) is 22.1. The average Bonchev–Trinajstić information content (AvgIpc) is 2.72. The highest BCUT2D eigenvalue weighted by Gasteiger charge is 2.55. The molecule has 0 aliphatic rings. The lowest BCUT2D eigenvalue weighted by molar-refractivity contribution is -0.671. The maximum absolute atomic E-state index is 11.5. The van der Waals surface area contributed by atoms with E-state index in [1.54, 1.807) is 0 Å². The van der Waals surface area contributed by atoms with Crippen molar-refractivity contribution in [3.63, 3.8) is 0 Å². The van der Waals surface area contributed by atoms with Crippen molar-refractivity contribution >= 4 is 20.0 Å². The molecule has 0 saturated carbocycles. The van der Waals surface area contributed by atoms with Gasteiger partial charge in [0.25, 0.3) is 0 Å². The van der Waals surface area contributed by atoms with E-state index in [0.29, 0.717) is 6.54 Å². The Morgan fingerprint density at radius 3 is 1.75 bits per heavy atom. The number of nitriles is 1. The van der Waals surface area contributed by atoms with Crippen molar-refractivity contribution in [2.45, 2.75) is 17.6 Å². The molecule has 0 spiro atoms. The van der Waals surface area contributed by atoms with Gasteiger partial charge in [0.05, 0.1) is 7.05 Å². The highest BCUT2D eigenvalue weighted by atomic mass is 32.3. The fourth-order valence-electron chi connectivity index (χ4n) is 0.916. The number of rotatable bonds is 3. The number of hydrogen-bond donors (Lipinski definition) is 1. The SMILES string of the molecule is C[n+]1ccn(CC#N)c1.O=S(=O)(NS(=O)(=O)C(F)(F)F)C(F)(F)F. The van der Waals surface area contributed by atoms with Crippen LogP contribution in [-0.4, -0.2) is 32.4 Å². The number of halogens is 6. The summed E-state index contributed by atoms with van der Waals surface area (Å²) in [5.74, 6) is 0. The topological polar surface area (TPSA) is 113 Å². The Morgan fingerprint density at radius 2 is 1.50 bits per heavy atom. The molecular weight excluding hydrogens is 394 g/mol. The number of nitrogens with one attached hydrogen (secondary N) is 1. The average molecular weight is 403 g/mol. The van der Waals surface area contributed by atoms with Gasteiger partial charge >= 0.3 is 31.1 Å². The van der Waals surface area contributed by atoms with E-state index in [1.165, 1.54) is 0 Å². The number of imidazole rings is 1. The van der Waals surface area contributed by atoms with Crippen molar-refractivity contribution in [3.8, 4) is 6.07 Å². The lowest BCUT2D eigenvalue weighted by atomic mass is 10.7. The summed E-state index contributed by atoms with van der Waals surface area (Å²) in [7, 11) is -11.3. The molecule has 8 nitrogen and oxygen atoms in total. The molecule has 138 valence electrons. The summed E-state index contributed by atoms with van der Waals surface area (Å²) in [4.78, 5) is 0. The Balaban J connectivity index is 0.000000496. The molecule has 0 saturated heterocycles. The third-order valence-electron chi connectivity index (χ3n) is 1.91. The molecule has 0 atom stereocenters. The van der Waals surface area contributed by atoms with E-state index in [4.69, 9.17) is 5.26 Å². The van der Waals surface area contributed by atoms with E-state index in [0.717, 1.165) is 0 Å². The van der Waals surface area contributed by atoms with Crippen molar-refractivity contribution in [1.82, 2.24) is 8.69 Å². The van der Waals surface area contributed by atoms with Crippen LogP contribution in [0.2, 0.25) is 0 Å². The number of nitrogens with zero attached hydrogens (tertiary/aromatic N) is 3. The van der Waals surface area contributed by atoms with Gasteiger partial charge in [0.1, 0.15) is 18.5 Å². The molecule has 0 aliphatic heterocycles. The third kappa shape index (κ3) is 6.33. The largest absolute Gasteiger partial charge is 0.512 e. The Bertz CT molecular complexity index is 761. The van der Waals surface area contributed by atoms with E-state index in [-0.39, 0.29) is 0 Å². The lowest BCUT2D eigenvalue weighted by Gasteiger charge is -2.11. The number of alkyl halides is 6. The summed E-state index contributed by atoms with van der Waals surface area (Å²) in [6, 6.07) is 2.05. The fraction of sp³-hybridized carbons (Fsp3) is 0.500. The zero-order chi connectivity index (χ0) is 19.4. The van der Waals surface area contributed by atoms with Crippen molar-refractivity contribution in [2.24, 2.45) is 7.05 Å². The van der Waals surface area contributed by atoms with E-state index in [1.807, 2.05) is 41.0 Å². The summed E-state index contributed by atoms with van der Waals surface area (Å²) >= 11 is 0. The second-order valence-electron chi connectivity index (χ2n) is 3.89. The number of hydrogen-bond acceptors (Lipinski definition) is 5. The Hall–Kier alpha value is -1.86. The molecule has 0 amide bonds. The maximum atomic E-state index is 11.5. The summed E-state index contributed by atoms with van der Waals surface area (Å²) in [6.45, 7) is 0.431. The van der Waals surface area contributed by atoms with Gasteiger partial charge in [-0.2, -0.15) is 31.6 Å². The fourth-order valence-corrected chi connectivity index (χ4v) is 2.83. The molecule has 16 heteroatoms. The molecule has 1 aromatic heterocycles. The van der Waals surface area contributed by atoms with Gasteiger partial charge in [0.15, 0.2) is 6.54 Å². The van der Waals surface area contributed by atoms with Crippen LogP contribution >= 0.6 is 0 Å². The minimum Gasteiger partial charge on any atom is -0.240 e. The van der Waals surface area contributed by atoms with Gasteiger partial charge in [-0.25, -0.2) is 26.0 Å². The van der Waals surface area contributed by atoms with E-state index in [2.05, 4.69) is 0 Å². The molecule has 1 aromatic rings. The lowest BCUT2D eigenvalue weighted by Crippen LogP contribution is -2.45. The zero-order valence-electron chi connectivity index (χ0n) is 11.5. The summed E-state index contributed by atoms with van der Waals surface area (Å²) in [5, 5.41) is 8.25. The van der Waals surface area contributed by atoms with Gasteiger partial charge in [-0.05, 0) is 0 Å². The molecule has 0 radical (unpaired) electrons. The first-order valence-corrected chi connectivity index (χ1v) is 8.29. The maximum Gasteiger partial charge on any atom is 0.512 e. The highest BCUT2D eigenvalue weighted by molar-refractivity contribution is 8.05. The molecule has 0 aliphatic carbocycles. The second kappa shape index (κ2) is 7.36. The van der Waals surface area contributed by atoms with Gasteiger partial charge in [-0.1, -0.05) is 4.13 Å². The van der Waals surface area contributed by atoms with Crippen LogP contribution in [0.5, 0.6) is 0 Å². The normalized spacial score (nSPS) is 12.9. The third-order valence-corrected chi connectivity index (χ3v) is 4.88. The first-order valence-electron chi connectivity index (χ1n) is 5.32. The number of aromatic nitrogens is 2. The van der Waals surface area contributed by atoms with Crippen LogP contribution < -0.4 is 8.69 Å². The van der Waals surface area contributed by atoms with Gasteiger partial charge < -0.3 is 0 Å². The number of aryl methyl sites for hydroxylation is 1. The quantitative estimate of drug-likeness (QED) is 0.569. The van der Waals surface area contributed by atoms with Crippen molar-refractivity contribution in [3.05, 3.63) is 18.7 Å². The van der Waals surface area contributed by atoms with Crippen LogP contribution in [0.3, 0.4) is 0 Å². The summed E-state index contributed by atoms with van der Waals surface area (Å²) in [5.41, 5.74) is -12.3. The molecule has 0 fully saturated rings. The predicted octanol–water partition coefficient (Wildman–Crippen LogP) is 0.111. The Labute approximate surface area is 132 Å². The summed E-state index contributed by atoms with van der Waals surface area (Å²) in [6.07, 6.45) is 5.63. The van der Waals surface area contributed by atoms with Gasteiger partial charge in [0.2, 0.25) is 6.33 Å². The minimum absolute atomic E-state index is 0.431. The van der Waals surface area contributed by atoms with Gasteiger partial charge in [-0.3, -0.25) is 0 Å². The van der Waals surface area contributed by atoms with Crippen LogP contribution in [0.1, 0.15) is 0 Å². The Kier molecular flexibility index (Phi) is 6.79. The molecule has 0 bridgehead atoms. The standard InChI is InChI=1S/C6H8N3.C2HF6NO4S2/c1-8-4-5-9(6-8)3-2-7;3-1(4,5)14(10,11)9-15(12,13)2(6,7)8/h4-6H,3H2,1H3;9H/q+1;. The number of sulfonamides is 2. The Morgan fingerprint density at radius 1 is 1.08 bits per heavy atom. The highest BCUT2D eigenvalue weighted by Crippen LogP contribution is 2.27. The zero-order valence-corrected chi connectivity index (χ0v) is 13.1. The van der Waals surface area contributed by atoms with Crippen LogP contribution in [0, 0.1) is 11.3 Å². The summed E-state index contributed by atoms with van der Waals surface area (Å²) < 4.78 is 112. The minimum atomic E-state index is -6.60. The molecule has 1 N–H and O–H groups in total. The first-order chi connectivity index (χ1) is 10.5. The molecule has 1 heterocycles. The second-order valence-corrected chi connectivity index (χ2v) is 7.50. The van der Waals surface area contributed by atoms with E-state index < -0.39 is 35.2 Å². The van der Waals surface area contributed by atoms with E-state index >= 15 is 0 Å². The van der Waals surface area contributed by atoms with E-state index in [9.17, 15) is 43.2 Å². The molecule has 0 aromatic carbocycles. The monoisotopic (exact) mass is 403 g/mol. The smallest absolute Gasteiger partial charge is 0.240 e. The van der Waals surface area contributed by atoms with Crippen LogP contribution in [0.15, 0.2) is 18.7 Å². The van der Waals surface area contributed by atoms with Crippen molar-refractivity contribution in [2.75, 3.05) is 0 Å². The molecule has 1 rings (SSSR count). The predicted molar refractivity (Wildman–Crippen MR) is 64.3 cm³/mol. The van der Waals surface area contributed by atoms with Crippen molar-refractivity contribution in [1.29, 1.82) is 5.26 Å². The molecule has 24 heavy (non-hydrogen) atoms.